The van der Waals surface area contributed by atoms with E-state index in [-0.39, 0.29) is 6.09 Å². The summed E-state index contributed by atoms with van der Waals surface area (Å²) in [6.45, 7) is 22.7. The lowest BCUT2D eigenvalue weighted by molar-refractivity contribution is -0.942. The number of hydrogen-bond acceptors (Lipinski definition) is 2. The molecule has 0 aromatic carbocycles. The van der Waals surface area contributed by atoms with Crippen LogP contribution < -0.4 is 10.4 Å². The van der Waals surface area contributed by atoms with Crippen molar-refractivity contribution < 1.29 is 14.5 Å². The van der Waals surface area contributed by atoms with E-state index in [0.717, 1.165) is 18.1 Å². The highest BCUT2D eigenvalue weighted by molar-refractivity contribution is 5.65. The molecule has 0 aliphatic heterocycles. The fraction of sp³-hybridized carbons (Fsp3) is 0.882. The Hall–Kier alpha value is -0.770. The summed E-state index contributed by atoms with van der Waals surface area (Å²) in [6.07, 6.45) is -0.310. The number of amides is 1. The highest BCUT2D eigenvalue weighted by atomic mass is 16.6. The number of rotatable bonds is 7. The molecule has 21 heavy (non-hydrogen) atoms. The molecule has 4 heteroatoms. The molecule has 0 fully saturated rings. The lowest BCUT2D eigenvalue weighted by Crippen LogP contribution is -3.20. The molecule has 0 unspecified atom stereocenters. The van der Waals surface area contributed by atoms with Crippen LogP contribution in [0, 0.1) is 30.6 Å². The van der Waals surface area contributed by atoms with Crippen LogP contribution >= 0.6 is 0 Å². The summed E-state index contributed by atoms with van der Waals surface area (Å²) in [6, 6.07) is 0. The highest BCUT2D eigenvalue weighted by Crippen LogP contribution is 1.92. The standard InChI is InChI=1S/C13H28N2O2.C4H9/c1-10(2)7-15(8-11(3)4)14-13(16)17-9-12(5)6;1-4(2)3/h10-12H,7-9H2,1-6H3,(H,14,16);4H,1H2,2-3H3/q;-1/p+1. The summed E-state index contributed by atoms with van der Waals surface area (Å²) in [5.41, 5.74) is 2.89. The Labute approximate surface area is 132 Å². The van der Waals surface area contributed by atoms with Crippen molar-refractivity contribution >= 4 is 6.09 Å². The van der Waals surface area contributed by atoms with Crippen LogP contribution in [0.4, 0.5) is 4.79 Å². The van der Waals surface area contributed by atoms with E-state index in [2.05, 4.69) is 53.9 Å². The Morgan fingerprint density at radius 2 is 1.33 bits per heavy atom. The number of ether oxygens (including phenoxy) is 1. The van der Waals surface area contributed by atoms with Gasteiger partial charge in [0.1, 0.15) is 13.1 Å². The second-order valence-electron chi connectivity index (χ2n) is 7.31. The number of quaternary nitrogens is 1. The molecule has 0 spiro atoms. The molecule has 128 valence electrons. The Kier molecular flexibility index (Phi) is 13.9. The molecule has 0 aliphatic rings. The zero-order chi connectivity index (χ0) is 17.0. The predicted octanol–water partition coefficient (Wildman–Crippen LogP) is 2.96. The fourth-order valence-electron chi connectivity index (χ4n) is 1.59. The minimum absolute atomic E-state index is 0.310. The molecule has 0 saturated heterocycles. The molecular weight excluding hydrogens is 264 g/mol. The average Bonchev–Trinajstić information content (AvgIpc) is 2.23. The van der Waals surface area contributed by atoms with Crippen molar-refractivity contribution in [3.8, 4) is 0 Å². The SMILES string of the molecule is CC(C)COC(=O)N[NH+](CC(C)C)CC(C)C.[CH2-]C(C)C. The lowest BCUT2D eigenvalue weighted by Gasteiger charge is -2.22. The van der Waals surface area contributed by atoms with E-state index in [4.69, 9.17) is 4.74 Å². The maximum absolute atomic E-state index is 11.6. The minimum atomic E-state index is -0.310. The molecule has 0 radical (unpaired) electrons. The van der Waals surface area contributed by atoms with Gasteiger partial charge in [0.15, 0.2) is 0 Å². The molecule has 0 aliphatic carbocycles. The first-order valence-corrected chi connectivity index (χ1v) is 8.16. The summed E-state index contributed by atoms with van der Waals surface area (Å²) in [7, 11) is 0. The summed E-state index contributed by atoms with van der Waals surface area (Å²) in [4.78, 5) is 11.6. The van der Waals surface area contributed by atoms with E-state index < -0.39 is 0 Å². The van der Waals surface area contributed by atoms with E-state index in [9.17, 15) is 4.79 Å². The van der Waals surface area contributed by atoms with Gasteiger partial charge in [-0.3, -0.25) is 0 Å². The van der Waals surface area contributed by atoms with Crippen molar-refractivity contribution in [2.24, 2.45) is 23.7 Å². The van der Waals surface area contributed by atoms with Crippen molar-refractivity contribution in [1.29, 1.82) is 0 Å². The van der Waals surface area contributed by atoms with Gasteiger partial charge in [-0.25, -0.2) is 9.80 Å². The Balaban J connectivity index is 0. The third-order valence-corrected chi connectivity index (χ3v) is 2.14. The monoisotopic (exact) mass is 302 g/mol. The van der Waals surface area contributed by atoms with Gasteiger partial charge in [-0.1, -0.05) is 55.4 Å². The van der Waals surface area contributed by atoms with Crippen LogP contribution in [0.2, 0.25) is 0 Å². The average molecular weight is 303 g/mol. The second-order valence-corrected chi connectivity index (χ2v) is 7.31. The summed E-state index contributed by atoms with van der Waals surface area (Å²) >= 11 is 0. The molecule has 0 rings (SSSR count). The summed E-state index contributed by atoms with van der Waals surface area (Å²) in [5, 5.41) is 1.09. The Morgan fingerprint density at radius 3 is 1.62 bits per heavy atom. The van der Waals surface area contributed by atoms with Crippen LogP contribution in [-0.2, 0) is 4.74 Å². The largest absolute Gasteiger partial charge is 0.451 e. The zero-order valence-corrected chi connectivity index (χ0v) is 15.5. The third kappa shape index (κ3) is 21.7. The maximum Gasteiger partial charge on any atom is 0.451 e. The third-order valence-electron chi connectivity index (χ3n) is 2.14. The first-order chi connectivity index (χ1) is 9.54. The molecule has 4 nitrogen and oxygen atoms in total. The highest BCUT2D eigenvalue weighted by Gasteiger charge is 2.17. The van der Waals surface area contributed by atoms with Crippen molar-refractivity contribution in [2.75, 3.05) is 19.7 Å². The quantitative estimate of drug-likeness (QED) is 0.561. The van der Waals surface area contributed by atoms with Crippen LogP contribution in [0.3, 0.4) is 0 Å². The molecule has 0 aromatic rings. The van der Waals surface area contributed by atoms with Gasteiger partial charge in [0.05, 0.1) is 6.61 Å². The Morgan fingerprint density at radius 1 is 0.952 bits per heavy atom. The maximum atomic E-state index is 11.6. The molecule has 0 heterocycles. The van der Waals surface area contributed by atoms with Gasteiger partial charge in [-0.2, -0.15) is 11.3 Å². The molecule has 0 bridgehead atoms. The van der Waals surface area contributed by atoms with Gasteiger partial charge >= 0.3 is 6.09 Å². The molecule has 0 saturated carbocycles. The first-order valence-electron chi connectivity index (χ1n) is 8.16. The van der Waals surface area contributed by atoms with Crippen LogP contribution in [-0.4, -0.2) is 25.8 Å². The van der Waals surface area contributed by atoms with Crippen LogP contribution in [0.25, 0.3) is 0 Å². The van der Waals surface area contributed by atoms with E-state index in [1.165, 1.54) is 0 Å². The number of carbonyl (C=O) groups excluding carboxylic acids is 1. The second kappa shape index (κ2) is 12.9. The van der Waals surface area contributed by atoms with Gasteiger partial charge in [-0.05, 0) is 5.92 Å². The fourth-order valence-corrected chi connectivity index (χ4v) is 1.59. The number of carbonyl (C=O) groups is 1. The topological polar surface area (TPSA) is 42.8 Å². The van der Waals surface area contributed by atoms with Crippen LogP contribution in [0.5, 0.6) is 0 Å². The molecular formula is C17H38N2O2. The van der Waals surface area contributed by atoms with Gasteiger partial charge in [0, 0.05) is 11.8 Å². The van der Waals surface area contributed by atoms with Gasteiger partial charge in [-0.15, -0.1) is 0 Å². The molecule has 0 aromatic heterocycles. The predicted molar refractivity (Wildman–Crippen MR) is 89.9 cm³/mol. The van der Waals surface area contributed by atoms with E-state index >= 15 is 0 Å². The zero-order valence-electron chi connectivity index (χ0n) is 15.5. The smallest absolute Gasteiger partial charge is 0.446 e. The minimum Gasteiger partial charge on any atom is -0.446 e. The van der Waals surface area contributed by atoms with Gasteiger partial charge in [0.25, 0.3) is 0 Å². The van der Waals surface area contributed by atoms with Gasteiger partial charge < -0.3 is 11.7 Å². The van der Waals surface area contributed by atoms with Crippen LogP contribution in [0.15, 0.2) is 0 Å². The van der Waals surface area contributed by atoms with E-state index in [1.807, 2.05) is 13.8 Å². The number of hydrogen-bond donors (Lipinski definition) is 2. The molecule has 2 N–H and O–H groups in total. The summed E-state index contributed by atoms with van der Waals surface area (Å²) in [5.74, 6) is 2.06. The molecule has 1 amide bonds. The Bertz CT molecular complexity index is 238. The van der Waals surface area contributed by atoms with Crippen molar-refractivity contribution in [2.45, 2.75) is 55.4 Å². The summed E-state index contributed by atoms with van der Waals surface area (Å²) < 4.78 is 5.13. The normalized spacial score (nSPS) is 11.1. The van der Waals surface area contributed by atoms with Crippen LogP contribution in [0.1, 0.15) is 55.4 Å². The van der Waals surface area contributed by atoms with Crippen molar-refractivity contribution in [3.05, 3.63) is 6.92 Å². The van der Waals surface area contributed by atoms with Crippen molar-refractivity contribution in [3.63, 3.8) is 0 Å². The molecule has 0 atom stereocenters. The van der Waals surface area contributed by atoms with Gasteiger partial charge in [0.2, 0.25) is 0 Å². The lowest BCUT2D eigenvalue weighted by atomic mass is 10.2. The number of nitrogens with one attached hydrogen (secondary N) is 2. The first kappa shape index (κ1) is 22.5. The van der Waals surface area contributed by atoms with E-state index in [0.29, 0.717) is 30.3 Å². The van der Waals surface area contributed by atoms with E-state index in [1.54, 1.807) is 0 Å². The van der Waals surface area contributed by atoms with Crippen molar-refractivity contribution in [1.82, 2.24) is 5.43 Å².